The average molecular weight is 257 g/mol. The third-order valence-electron chi connectivity index (χ3n) is 2.96. The van der Waals surface area contributed by atoms with Crippen molar-refractivity contribution in [2.45, 2.75) is 13.0 Å². The first-order valence-corrected chi connectivity index (χ1v) is 5.98. The van der Waals surface area contributed by atoms with Gasteiger partial charge in [0.1, 0.15) is 6.04 Å². The SMILES string of the molecule is C[C@@H]1CN(c2ccc([N+](=O)[O-])cc2Cl)CC[NH2+]1. The van der Waals surface area contributed by atoms with Gasteiger partial charge >= 0.3 is 0 Å². The molecule has 0 amide bonds. The van der Waals surface area contributed by atoms with Gasteiger partial charge in [-0.15, -0.1) is 0 Å². The molecule has 92 valence electrons. The molecule has 1 aromatic rings. The standard InChI is InChI=1S/C11H14ClN3O2/c1-8-7-14(5-4-13-8)11-3-2-9(15(16)17)6-10(11)12/h2-3,6,8,13H,4-5,7H2,1H3/p+1/t8-/m1/s1. The number of rotatable bonds is 2. The normalized spacial score (nSPS) is 20.4. The minimum atomic E-state index is -0.428. The van der Waals surface area contributed by atoms with Gasteiger partial charge < -0.3 is 10.2 Å². The number of anilines is 1. The van der Waals surface area contributed by atoms with E-state index >= 15 is 0 Å². The lowest BCUT2D eigenvalue weighted by atomic mass is 10.2. The molecule has 0 bridgehead atoms. The van der Waals surface area contributed by atoms with E-state index in [0.29, 0.717) is 11.1 Å². The van der Waals surface area contributed by atoms with Crippen LogP contribution in [0.15, 0.2) is 18.2 Å². The van der Waals surface area contributed by atoms with Crippen LogP contribution in [0.1, 0.15) is 6.92 Å². The summed E-state index contributed by atoms with van der Waals surface area (Å²) in [6, 6.07) is 5.18. The molecule has 2 rings (SSSR count). The fourth-order valence-electron chi connectivity index (χ4n) is 2.11. The Labute approximate surface area is 105 Å². The van der Waals surface area contributed by atoms with E-state index in [1.165, 1.54) is 12.1 Å². The van der Waals surface area contributed by atoms with Gasteiger partial charge in [0.05, 0.1) is 35.3 Å². The van der Waals surface area contributed by atoms with Crippen molar-refractivity contribution in [2.24, 2.45) is 0 Å². The largest absolute Gasteiger partial charge is 0.359 e. The van der Waals surface area contributed by atoms with Crippen molar-refractivity contribution in [3.8, 4) is 0 Å². The number of nitro groups is 1. The smallest absolute Gasteiger partial charge is 0.271 e. The second kappa shape index (κ2) is 4.89. The molecule has 0 spiro atoms. The number of quaternary nitrogens is 1. The molecule has 0 radical (unpaired) electrons. The number of nitrogens with two attached hydrogens (primary N) is 1. The molecule has 2 N–H and O–H groups in total. The first-order chi connectivity index (χ1) is 8.08. The predicted octanol–water partition coefficient (Wildman–Crippen LogP) is 1.02. The average Bonchev–Trinajstić information content (AvgIpc) is 2.28. The maximum Gasteiger partial charge on any atom is 0.271 e. The van der Waals surface area contributed by atoms with E-state index in [9.17, 15) is 10.1 Å². The minimum Gasteiger partial charge on any atom is -0.359 e. The quantitative estimate of drug-likeness (QED) is 0.635. The zero-order valence-corrected chi connectivity index (χ0v) is 10.4. The number of hydrogen-bond acceptors (Lipinski definition) is 3. The van der Waals surface area contributed by atoms with Gasteiger partial charge in [-0.3, -0.25) is 10.1 Å². The first kappa shape index (κ1) is 12.1. The van der Waals surface area contributed by atoms with Crippen LogP contribution in [-0.2, 0) is 0 Å². The van der Waals surface area contributed by atoms with Gasteiger partial charge in [-0.1, -0.05) is 11.6 Å². The second-order valence-electron chi connectivity index (χ2n) is 4.34. The summed E-state index contributed by atoms with van der Waals surface area (Å²) in [5.41, 5.74) is 0.924. The number of benzene rings is 1. The number of piperazine rings is 1. The van der Waals surface area contributed by atoms with E-state index in [1.54, 1.807) is 6.07 Å². The van der Waals surface area contributed by atoms with Gasteiger partial charge in [-0.2, -0.15) is 0 Å². The predicted molar refractivity (Wildman–Crippen MR) is 66.6 cm³/mol. The lowest BCUT2D eigenvalue weighted by Gasteiger charge is -2.31. The molecule has 1 aliphatic rings. The number of nitrogens with zero attached hydrogens (tertiary/aromatic N) is 2. The Morgan fingerprint density at radius 3 is 2.94 bits per heavy atom. The van der Waals surface area contributed by atoms with Gasteiger partial charge in [0, 0.05) is 12.1 Å². The molecule has 1 atom stereocenters. The number of hydrogen-bond donors (Lipinski definition) is 1. The van der Waals surface area contributed by atoms with Crippen LogP contribution in [0.3, 0.4) is 0 Å². The highest BCUT2D eigenvalue weighted by Crippen LogP contribution is 2.29. The molecule has 1 aliphatic heterocycles. The van der Waals surface area contributed by atoms with Crippen molar-refractivity contribution in [1.29, 1.82) is 0 Å². The van der Waals surface area contributed by atoms with Crippen molar-refractivity contribution in [2.75, 3.05) is 24.5 Å². The van der Waals surface area contributed by atoms with E-state index in [4.69, 9.17) is 11.6 Å². The summed E-state index contributed by atoms with van der Waals surface area (Å²) in [7, 11) is 0. The molecule has 1 fully saturated rings. The van der Waals surface area contributed by atoms with Crippen molar-refractivity contribution in [1.82, 2.24) is 0 Å². The van der Waals surface area contributed by atoms with Crippen LogP contribution >= 0.6 is 11.6 Å². The highest BCUT2D eigenvalue weighted by atomic mass is 35.5. The van der Waals surface area contributed by atoms with E-state index in [-0.39, 0.29) is 5.69 Å². The Morgan fingerprint density at radius 2 is 2.35 bits per heavy atom. The Morgan fingerprint density at radius 1 is 1.59 bits per heavy atom. The van der Waals surface area contributed by atoms with Gasteiger partial charge in [0.15, 0.2) is 0 Å². The van der Waals surface area contributed by atoms with Crippen LogP contribution in [-0.4, -0.2) is 30.6 Å². The topological polar surface area (TPSA) is 63.0 Å². The monoisotopic (exact) mass is 256 g/mol. The molecule has 0 unspecified atom stereocenters. The summed E-state index contributed by atoms with van der Waals surface area (Å²) in [5, 5.41) is 13.4. The zero-order valence-electron chi connectivity index (χ0n) is 9.60. The summed E-state index contributed by atoms with van der Waals surface area (Å²) in [6.07, 6.45) is 0. The number of non-ortho nitro benzene ring substituents is 1. The molecule has 1 heterocycles. The van der Waals surface area contributed by atoms with Crippen LogP contribution in [0.25, 0.3) is 0 Å². The maximum atomic E-state index is 10.6. The highest BCUT2D eigenvalue weighted by molar-refractivity contribution is 6.33. The summed E-state index contributed by atoms with van der Waals surface area (Å²) in [5.74, 6) is 0. The van der Waals surface area contributed by atoms with Crippen molar-refractivity contribution < 1.29 is 10.2 Å². The van der Waals surface area contributed by atoms with Crippen LogP contribution in [0.2, 0.25) is 5.02 Å². The molecule has 0 saturated carbocycles. The van der Waals surface area contributed by atoms with Gasteiger partial charge in [-0.05, 0) is 13.0 Å². The second-order valence-corrected chi connectivity index (χ2v) is 4.75. The molecular weight excluding hydrogens is 242 g/mol. The molecule has 0 aliphatic carbocycles. The molecule has 6 heteroatoms. The fourth-order valence-corrected chi connectivity index (χ4v) is 2.41. The fraction of sp³-hybridized carbons (Fsp3) is 0.455. The van der Waals surface area contributed by atoms with Crippen LogP contribution in [0.4, 0.5) is 11.4 Å². The molecule has 0 aromatic heterocycles. The molecule has 17 heavy (non-hydrogen) atoms. The first-order valence-electron chi connectivity index (χ1n) is 5.60. The third-order valence-corrected chi connectivity index (χ3v) is 3.26. The summed E-state index contributed by atoms with van der Waals surface area (Å²) < 4.78 is 0. The molecular formula is C11H15ClN3O2+. The highest BCUT2D eigenvalue weighted by Gasteiger charge is 2.21. The van der Waals surface area contributed by atoms with Crippen molar-refractivity contribution in [3.05, 3.63) is 33.3 Å². The van der Waals surface area contributed by atoms with Crippen LogP contribution in [0.5, 0.6) is 0 Å². The maximum absolute atomic E-state index is 10.6. The van der Waals surface area contributed by atoms with Crippen LogP contribution < -0.4 is 10.2 Å². The molecule has 1 aromatic carbocycles. The molecule has 1 saturated heterocycles. The van der Waals surface area contributed by atoms with Gasteiger partial charge in [0.25, 0.3) is 5.69 Å². The number of halogens is 1. The Balaban J connectivity index is 2.23. The van der Waals surface area contributed by atoms with Gasteiger partial charge in [-0.25, -0.2) is 0 Å². The van der Waals surface area contributed by atoms with E-state index in [2.05, 4.69) is 17.1 Å². The van der Waals surface area contributed by atoms with Gasteiger partial charge in [0.2, 0.25) is 0 Å². The zero-order chi connectivity index (χ0) is 12.4. The van der Waals surface area contributed by atoms with Crippen LogP contribution in [0, 0.1) is 10.1 Å². The van der Waals surface area contributed by atoms with Crippen molar-refractivity contribution in [3.63, 3.8) is 0 Å². The summed E-state index contributed by atoms with van der Waals surface area (Å²) >= 11 is 6.10. The summed E-state index contributed by atoms with van der Waals surface area (Å²) in [4.78, 5) is 12.4. The minimum absolute atomic E-state index is 0.0374. The van der Waals surface area contributed by atoms with E-state index in [1.807, 2.05) is 0 Å². The summed E-state index contributed by atoms with van der Waals surface area (Å²) in [6.45, 7) is 5.01. The molecule has 5 nitrogen and oxygen atoms in total. The van der Waals surface area contributed by atoms with Crippen molar-refractivity contribution >= 4 is 23.0 Å². The Hall–Kier alpha value is -1.33. The Kier molecular flexibility index (Phi) is 3.49. The van der Waals surface area contributed by atoms with E-state index in [0.717, 1.165) is 25.3 Å². The number of nitro benzene ring substituents is 1. The Bertz CT molecular complexity index is 439. The third kappa shape index (κ3) is 2.68. The lowest BCUT2D eigenvalue weighted by Crippen LogP contribution is -2.94. The van der Waals surface area contributed by atoms with E-state index < -0.39 is 4.92 Å². The lowest BCUT2D eigenvalue weighted by molar-refractivity contribution is -0.687.